The first-order chi connectivity index (χ1) is 16.8. The molecule has 7 nitrogen and oxygen atoms in total. The maximum atomic E-state index is 13.7. The summed E-state index contributed by atoms with van der Waals surface area (Å²) in [5.74, 6) is 0.640. The SMILES string of the molecule is CC(C)(C)OC(=O)NC1CCC(n2cnc(=C3C=CC(F)=CC3)c2=C2CC=Nc3[nH]ccc32)CC1. The van der Waals surface area contributed by atoms with Gasteiger partial charge in [0, 0.05) is 36.5 Å². The van der Waals surface area contributed by atoms with Gasteiger partial charge >= 0.3 is 6.09 Å². The molecule has 3 heterocycles. The number of imidazole rings is 1. The van der Waals surface area contributed by atoms with Gasteiger partial charge < -0.3 is 19.6 Å². The average Bonchev–Trinajstić information content (AvgIpc) is 3.46. The number of nitrogens with one attached hydrogen (secondary N) is 2. The number of aromatic amines is 1. The largest absolute Gasteiger partial charge is 0.444 e. The highest BCUT2D eigenvalue weighted by Gasteiger charge is 2.27. The molecule has 0 bridgehead atoms. The topological polar surface area (TPSA) is 84.3 Å². The molecule has 0 spiro atoms. The number of H-pyrrole nitrogens is 1. The molecule has 2 aliphatic carbocycles. The van der Waals surface area contributed by atoms with Crippen LogP contribution in [0.15, 0.2) is 47.6 Å². The zero-order valence-corrected chi connectivity index (χ0v) is 20.5. The van der Waals surface area contributed by atoms with E-state index in [1.165, 1.54) is 11.6 Å². The maximum Gasteiger partial charge on any atom is 0.407 e. The van der Waals surface area contributed by atoms with Crippen LogP contribution in [0.4, 0.5) is 15.0 Å². The van der Waals surface area contributed by atoms with E-state index >= 15 is 0 Å². The Balaban J connectivity index is 1.48. The lowest BCUT2D eigenvalue weighted by Gasteiger charge is -2.31. The molecule has 5 rings (SSSR count). The Morgan fingerprint density at radius 3 is 2.71 bits per heavy atom. The fourth-order valence-electron chi connectivity index (χ4n) is 5.12. The summed E-state index contributed by atoms with van der Waals surface area (Å²) < 4.78 is 21.4. The Morgan fingerprint density at radius 2 is 2.00 bits per heavy atom. The third kappa shape index (κ3) is 5.01. The highest BCUT2D eigenvalue weighted by Crippen LogP contribution is 2.31. The molecule has 8 heteroatoms. The summed E-state index contributed by atoms with van der Waals surface area (Å²) in [5.41, 5.74) is 2.75. The Kier molecular flexibility index (Phi) is 6.21. The minimum Gasteiger partial charge on any atom is -0.444 e. The maximum absolute atomic E-state index is 13.7. The number of rotatable bonds is 2. The van der Waals surface area contributed by atoms with E-state index in [1.54, 1.807) is 6.08 Å². The van der Waals surface area contributed by atoms with Crippen molar-refractivity contribution in [1.29, 1.82) is 0 Å². The second-order valence-corrected chi connectivity index (χ2v) is 10.4. The first-order valence-corrected chi connectivity index (χ1v) is 12.3. The summed E-state index contributed by atoms with van der Waals surface area (Å²) in [6.45, 7) is 5.61. The van der Waals surface area contributed by atoms with Crippen molar-refractivity contribution in [2.24, 2.45) is 4.99 Å². The highest BCUT2D eigenvalue weighted by atomic mass is 19.1. The van der Waals surface area contributed by atoms with Crippen LogP contribution in [0.3, 0.4) is 0 Å². The van der Waals surface area contributed by atoms with Gasteiger partial charge in [-0.1, -0.05) is 6.08 Å². The lowest BCUT2D eigenvalue weighted by Crippen LogP contribution is -2.42. The smallest absolute Gasteiger partial charge is 0.407 e. The molecular formula is C27H32FN5O2. The number of aromatic nitrogens is 3. The van der Waals surface area contributed by atoms with Crippen molar-refractivity contribution in [3.05, 3.63) is 58.9 Å². The first-order valence-electron chi connectivity index (χ1n) is 12.3. The predicted octanol–water partition coefficient (Wildman–Crippen LogP) is 4.49. The van der Waals surface area contributed by atoms with Crippen molar-refractivity contribution in [2.75, 3.05) is 0 Å². The number of hydrogen-bond donors (Lipinski definition) is 2. The van der Waals surface area contributed by atoms with Crippen LogP contribution in [0.1, 0.15) is 70.9 Å². The third-order valence-electron chi connectivity index (χ3n) is 6.72. The van der Waals surface area contributed by atoms with Gasteiger partial charge in [0.15, 0.2) is 0 Å². The van der Waals surface area contributed by atoms with Gasteiger partial charge in [0.05, 0.1) is 17.0 Å². The monoisotopic (exact) mass is 477 g/mol. The van der Waals surface area contributed by atoms with Crippen molar-refractivity contribution < 1.29 is 13.9 Å². The molecule has 3 aliphatic rings. The molecule has 1 aliphatic heterocycles. The number of allylic oxidation sites excluding steroid dienone is 4. The molecule has 0 radical (unpaired) electrons. The summed E-state index contributed by atoms with van der Waals surface area (Å²) in [5, 5.41) is 5.01. The normalized spacial score (nSPS) is 25.2. The van der Waals surface area contributed by atoms with E-state index in [-0.39, 0.29) is 24.0 Å². The molecule has 2 aromatic rings. The van der Waals surface area contributed by atoms with Crippen LogP contribution in [0, 0.1) is 0 Å². The standard InChI is InChI=1S/C27H32FN5O2/c1-27(2,3)35-26(34)32-19-8-10-20(11-9-19)33-16-31-23(17-4-6-18(28)7-5-17)24(33)21-12-14-29-25-22(21)13-15-30-25/h4,6-7,13-16,19-20,30H,5,8-12H2,1-3H3,(H,32,34). The summed E-state index contributed by atoms with van der Waals surface area (Å²) in [6.07, 6.45) is 15.1. The molecule has 184 valence electrons. The molecule has 0 aromatic carbocycles. The number of carbonyl (C=O) groups excluding carboxylic acids is 1. The van der Waals surface area contributed by atoms with Gasteiger partial charge in [0.2, 0.25) is 0 Å². The molecule has 35 heavy (non-hydrogen) atoms. The number of nitrogens with zero attached hydrogens (tertiary/aromatic N) is 3. The van der Waals surface area contributed by atoms with E-state index in [9.17, 15) is 9.18 Å². The number of aliphatic imine (C=N–C) groups is 1. The number of amides is 1. The minimum atomic E-state index is -0.510. The van der Waals surface area contributed by atoms with E-state index in [1.807, 2.05) is 45.6 Å². The van der Waals surface area contributed by atoms with E-state index in [0.717, 1.165) is 53.3 Å². The first kappa shape index (κ1) is 23.3. The number of carbonyl (C=O) groups is 1. The van der Waals surface area contributed by atoms with Crippen molar-refractivity contribution in [1.82, 2.24) is 19.9 Å². The van der Waals surface area contributed by atoms with Gasteiger partial charge in [-0.15, -0.1) is 0 Å². The number of ether oxygens (including phenoxy) is 1. The van der Waals surface area contributed by atoms with E-state index in [4.69, 9.17) is 9.72 Å². The zero-order chi connectivity index (χ0) is 24.6. The van der Waals surface area contributed by atoms with Gasteiger partial charge in [0.1, 0.15) is 17.2 Å². The molecule has 2 aromatic heterocycles. The minimum absolute atomic E-state index is 0.0991. The average molecular weight is 478 g/mol. The third-order valence-corrected chi connectivity index (χ3v) is 6.72. The predicted molar refractivity (Wildman–Crippen MR) is 135 cm³/mol. The molecule has 0 saturated heterocycles. The quantitative estimate of drug-likeness (QED) is 0.669. The van der Waals surface area contributed by atoms with Crippen LogP contribution < -0.4 is 16.0 Å². The van der Waals surface area contributed by atoms with Crippen LogP contribution in [-0.4, -0.2) is 38.5 Å². The van der Waals surface area contributed by atoms with Crippen LogP contribution >= 0.6 is 0 Å². The molecule has 0 atom stereocenters. The second-order valence-electron chi connectivity index (χ2n) is 10.4. The molecular weight excluding hydrogens is 445 g/mol. The van der Waals surface area contributed by atoms with Gasteiger partial charge in [0.25, 0.3) is 0 Å². The highest BCUT2D eigenvalue weighted by molar-refractivity contribution is 5.88. The Hall–Kier alpha value is -3.42. The Morgan fingerprint density at radius 1 is 1.20 bits per heavy atom. The number of alkyl carbamates (subject to hydrolysis) is 1. The van der Waals surface area contributed by atoms with Crippen molar-refractivity contribution >= 4 is 29.3 Å². The lowest BCUT2D eigenvalue weighted by molar-refractivity contribution is 0.0488. The van der Waals surface area contributed by atoms with Gasteiger partial charge in [-0.2, -0.15) is 0 Å². The van der Waals surface area contributed by atoms with Crippen molar-refractivity contribution in [2.45, 2.75) is 77.0 Å². The van der Waals surface area contributed by atoms with Gasteiger partial charge in [-0.25, -0.2) is 19.2 Å². The van der Waals surface area contributed by atoms with Crippen LogP contribution in [0.25, 0.3) is 11.1 Å². The second kappa shape index (κ2) is 9.32. The Labute approximate surface area is 204 Å². The molecule has 1 saturated carbocycles. The zero-order valence-electron chi connectivity index (χ0n) is 20.5. The van der Waals surface area contributed by atoms with Crippen molar-refractivity contribution in [3.63, 3.8) is 0 Å². The van der Waals surface area contributed by atoms with Crippen LogP contribution in [0.5, 0.6) is 0 Å². The molecule has 1 amide bonds. The molecule has 1 fully saturated rings. The van der Waals surface area contributed by atoms with Crippen molar-refractivity contribution in [3.8, 4) is 0 Å². The fourth-order valence-corrected chi connectivity index (χ4v) is 5.12. The van der Waals surface area contributed by atoms with Gasteiger partial charge in [-0.05, 0) is 82.2 Å². The summed E-state index contributed by atoms with van der Waals surface area (Å²) in [6, 6.07) is 2.42. The molecule has 2 N–H and O–H groups in total. The number of fused-ring (bicyclic) bond motifs is 1. The van der Waals surface area contributed by atoms with Crippen LogP contribution in [-0.2, 0) is 4.74 Å². The number of hydrogen-bond acceptors (Lipinski definition) is 4. The van der Waals surface area contributed by atoms with E-state index in [0.29, 0.717) is 12.8 Å². The van der Waals surface area contributed by atoms with Gasteiger partial charge in [-0.3, -0.25) is 0 Å². The Bertz CT molecular complexity index is 1330. The summed E-state index contributed by atoms with van der Waals surface area (Å²) in [7, 11) is 0. The number of halogens is 1. The lowest BCUT2D eigenvalue weighted by atomic mass is 9.90. The van der Waals surface area contributed by atoms with Crippen LogP contribution in [0.2, 0.25) is 0 Å². The fraction of sp³-hybridized carbons (Fsp3) is 0.444. The summed E-state index contributed by atoms with van der Waals surface area (Å²) in [4.78, 5) is 24.8. The summed E-state index contributed by atoms with van der Waals surface area (Å²) >= 11 is 0. The van der Waals surface area contributed by atoms with E-state index < -0.39 is 5.60 Å². The molecule has 0 unspecified atom stereocenters. The van der Waals surface area contributed by atoms with E-state index in [2.05, 4.69) is 25.9 Å².